The van der Waals surface area contributed by atoms with Crippen LogP contribution in [-0.4, -0.2) is 23.9 Å². The van der Waals surface area contributed by atoms with Crippen LogP contribution in [0.25, 0.3) is 6.08 Å². The predicted octanol–water partition coefficient (Wildman–Crippen LogP) is 1.85. The lowest BCUT2D eigenvalue weighted by atomic mass is 10.0. The Morgan fingerprint density at radius 3 is 2.60 bits per heavy atom. The molecule has 3 atom stereocenters. The quantitative estimate of drug-likeness (QED) is 0.753. The topological polar surface area (TPSA) is 29.5 Å². The van der Waals surface area contributed by atoms with Gasteiger partial charge in [0.15, 0.2) is 0 Å². The number of aliphatic hydroxyl groups is 1. The van der Waals surface area contributed by atoms with Gasteiger partial charge in [-0.3, -0.25) is 0 Å². The molecule has 0 aromatic heterocycles. The van der Waals surface area contributed by atoms with Gasteiger partial charge in [0.2, 0.25) is 0 Å². The summed E-state index contributed by atoms with van der Waals surface area (Å²) in [6, 6.07) is 10.1. The first-order valence-corrected chi connectivity index (χ1v) is 5.40. The van der Waals surface area contributed by atoms with E-state index in [-0.39, 0.29) is 12.2 Å². The molecule has 1 aromatic carbocycles. The van der Waals surface area contributed by atoms with E-state index in [1.165, 1.54) is 0 Å². The van der Waals surface area contributed by atoms with Crippen LogP contribution in [0.1, 0.15) is 12.0 Å². The third-order valence-corrected chi connectivity index (χ3v) is 3.31. The van der Waals surface area contributed by atoms with Gasteiger partial charge in [-0.1, -0.05) is 36.4 Å². The number of fused-ring (bicyclic) bond motifs is 1. The number of ether oxygens (including phenoxy) is 1. The molecule has 2 nitrogen and oxygen atoms in total. The lowest BCUT2D eigenvalue weighted by Crippen LogP contribution is -2.41. The minimum Gasteiger partial charge on any atom is -0.386 e. The maximum Gasteiger partial charge on any atom is 0.102 e. The van der Waals surface area contributed by atoms with Crippen LogP contribution in [0.5, 0.6) is 0 Å². The van der Waals surface area contributed by atoms with Crippen molar-refractivity contribution in [2.75, 3.05) is 6.61 Å². The molecular formula is C13H14O2. The van der Waals surface area contributed by atoms with E-state index in [4.69, 9.17) is 4.74 Å². The molecule has 2 heteroatoms. The minimum atomic E-state index is -0.385. The van der Waals surface area contributed by atoms with Gasteiger partial charge in [-0.25, -0.2) is 0 Å². The van der Waals surface area contributed by atoms with E-state index < -0.39 is 0 Å². The minimum absolute atomic E-state index is 0.0694. The summed E-state index contributed by atoms with van der Waals surface area (Å²) in [5, 5.41) is 9.95. The molecule has 3 rings (SSSR count). The molecule has 1 aromatic rings. The van der Waals surface area contributed by atoms with E-state index >= 15 is 0 Å². The lowest BCUT2D eigenvalue weighted by molar-refractivity contribution is -0.133. The maximum atomic E-state index is 9.95. The van der Waals surface area contributed by atoms with E-state index in [0.717, 1.165) is 24.2 Å². The van der Waals surface area contributed by atoms with Gasteiger partial charge in [0.1, 0.15) is 6.10 Å². The molecule has 1 aliphatic carbocycles. The molecule has 0 bridgehead atoms. The maximum absolute atomic E-state index is 9.95. The van der Waals surface area contributed by atoms with Crippen LogP contribution in [0, 0.1) is 5.92 Å². The standard InChI is InChI=1S/C13H14O2/c14-12-10(7-11-8-15-13(11)12)6-9-4-2-1-3-5-9/h1-6,11-14H,7-8H2/b10-6+/t11?,12-,13+/m0/s1. The molecule has 15 heavy (non-hydrogen) atoms. The van der Waals surface area contributed by atoms with Crippen molar-refractivity contribution in [1.82, 2.24) is 0 Å². The zero-order valence-corrected chi connectivity index (χ0v) is 8.47. The molecule has 78 valence electrons. The van der Waals surface area contributed by atoms with Crippen molar-refractivity contribution in [3.8, 4) is 0 Å². The first kappa shape index (κ1) is 9.13. The Kier molecular flexibility index (Phi) is 2.11. The molecule has 0 spiro atoms. The molecule has 1 aliphatic heterocycles. The molecule has 0 radical (unpaired) electrons. The number of aliphatic hydroxyl groups excluding tert-OH is 1. The van der Waals surface area contributed by atoms with Crippen molar-refractivity contribution < 1.29 is 9.84 Å². The number of hydrogen-bond acceptors (Lipinski definition) is 2. The molecule has 0 amide bonds. The molecule has 1 heterocycles. The summed E-state index contributed by atoms with van der Waals surface area (Å²) in [6.45, 7) is 0.813. The Balaban J connectivity index is 1.86. The summed E-state index contributed by atoms with van der Waals surface area (Å²) in [5.74, 6) is 0.551. The van der Waals surface area contributed by atoms with E-state index in [9.17, 15) is 5.11 Å². The third kappa shape index (κ3) is 1.50. The van der Waals surface area contributed by atoms with E-state index in [0.29, 0.717) is 5.92 Å². The van der Waals surface area contributed by atoms with Crippen molar-refractivity contribution in [2.24, 2.45) is 5.92 Å². The fourth-order valence-electron chi connectivity index (χ4n) is 2.41. The highest BCUT2D eigenvalue weighted by atomic mass is 16.5. The Labute approximate surface area is 89.2 Å². The van der Waals surface area contributed by atoms with Crippen molar-refractivity contribution >= 4 is 6.08 Å². The molecule has 1 N–H and O–H groups in total. The molecule has 1 saturated carbocycles. The van der Waals surface area contributed by atoms with Gasteiger partial charge in [-0.05, 0) is 17.6 Å². The number of hydrogen-bond donors (Lipinski definition) is 1. The normalized spacial score (nSPS) is 36.3. The van der Waals surface area contributed by atoms with E-state index in [1.807, 2.05) is 18.2 Å². The highest BCUT2D eigenvalue weighted by Crippen LogP contribution is 2.40. The van der Waals surface area contributed by atoms with Crippen molar-refractivity contribution in [2.45, 2.75) is 18.6 Å². The van der Waals surface area contributed by atoms with Crippen LogP contribution in [0.3, 0.4) is 0 Å². The van der Waals surface area contributed by atoms with Crippen LogP contribution in [0.15, 0.2) is 35.9 Å². The second kappa shape index (κ2) is 3.47. The predicted molar refractivity (Wildman–Crippen MR) is 58.3 cm³/mol. The number of benzene rings is 1. The van der Waals surface area contributed by atoms with Gasteiger partial charge in [0.25, 0.3) is 0 Å². The summed E-state index contributed by atoms with van der Waals surface area (Å²) < 4.78 is 5.34. The molecular weight excluding hydrogens is 188 g/mol. The van der Waals surface area contributed by atoms with Gasteiger partial charge < -0.3 is 9.84 Å². The van der Waals surface area contributed by atoms with Gasteiger partial charge in [0.05, 0.1) is 12.7 Å². The average Bonchev–Trinajstić information content (AvgIpc) is 2.42. The summed E-state index contributed by atoms with van der Waals surface area (Å²) >= 11 is 0. The van der Waals surface area contributed by atoms with Crippen molar-refractivity contribution in [1.29, 1.82) is 0 Å². The van der Waals surface area contributed by atoms with Gasteiger partial charge in [-0.15, -0.1) is 0 Å². The zero-order chi connectivity index (χ0) is 10.3. The largest absolute Gasteiger partial charge is 0.386 e. The summed E-state index contributed by atoms with van der Waals surface area (Å²) in [5.41, 5.74) is 2.28. The first-order chi connectivity index (χ1) is 7.34. The Morgan fingerprint density at radius 1 is 1.27 bits per heavy atom. The SMILES string of the molecule is O[C@H]1/C(=C/c2ccccc2)CC2CO[C@H]21. The molecule has 2 fully saturated rings. The molecule has 1 unspecified atom stereocenters. The van der Waals surface area contributed by atoms with E-state index in [1.54, 1.807) is 0 Å². The van der Waals surface area contributed by atoms with Crippen LogP contribution in [-0.2, 0) is 4.74 Å². The van der Waals surface area contributed by atoms with Crippen molar-refractivity contribution in [3.63, 3.8) is 0 Å². The Hall–Kier alpha value is -1.12. The molecule has 1 saturated heterocycles. The highest BCUT2D eigenvalue weighted by molar-refractivity contribution is 5.55. The smallest absolute Gasteiger partial charge is 0.102 e. The summed E-state index contributed by atoms with van der Waals surface area (Å²) in [6.07, 6.45) is 2.76. The average molecular weight is 202 g/mol. The van der Waals surface area contributed by atoms with Crippen LogP contribution >= 0.6 is 0 Å². The second-order valence-electron chi connectivity index (χ2n) is 4.34. The number of rotatable bonds is 1. The van der Waals surface area contributed by atoms with E-state index in [2.05, 4.69) is 18.2 Å². The summed E-state index contributed by atoms with van der Waals surface area (Å²) in [7, 11) is 0. The van der Waals surface area contributed by atoms with Crippen LogP contribution in [0.2, 0.25) is 0 Å². The summed E-state index contributed by atoms with van der Waals surface area (Å²) in [4.78, 5) is 0. The van der Waals surface area contributed by atoms with Crippen LogP contribution < -0.4 is 0 Å². The second-order valence-corrected chi connectivity index (χ2v) is 4.34. The Morgan fingerprint density at radius 2 is 2.07 bits per heavy atom. The fraction of sp³-hybridized carbons (Fsp3) is 0.385. The van der Waals surface area contributed by atoms with Crippen molar-refractivity contribution in [3.05, 3.63) is 41.5 Å². The first-order valence-electron chi connectivity index (χ1n) is 5.40. The zero-order valence-electron chi connectivity index (χ0n) is 8.47. The monoisotopic (exact) mass is 202 g/mol. The third-order valence-electron chi connectivity index (χ3n) is 3.31. The van der Waals surface area contributed by atoms with Gasteiger partial charge >= 0.3 is 0 Å². The lowest BCUT2D eigenvalue weighted by Gasteiger charge is -2.31. The van der Waals surface area contributed by atoms with Gasteiger partial charge in [0, 0.05) is 5.92 Å². The van der Waals surface area contributed by atoms with Crippen LogP contribution in [0.4, 0.5) is 0 Å². The Bertz CT molecular complexity index is 383. The fourth-order valence-corrected chi connectivity index (χ4v) is 2.41. The van der Waals surface area contributed by atoms with Gasteiger partial charge in [-0.2, -0.15) is 0 Å². The molecule has 2 aliphatic rings. The highest BCUT2D eigenvalue weighted by Gasteiger charge is 2.45.